The SMILES string of the molecule is O=[N+]([O-])c1ccc(Oc2c(Cl)cc(S(=O)(=O)Nc3cc(F)ccc3C(F)(F)F)cc2Cl)c(Cl)c1. The predicted octanol–water partition coefficient (Wildman–Crippen LogP) is 7.31. The highest BCUT2D eigenvalue weighted by atomic mass is 35.5. The molecule has 3 aromatic carbocycles. The lowest BCUT2D eigenvalue weighted by atomic mass is 10.2. The van der Waals surface area contributed by atoms with Crippen molar-refractivity contribution in [3.63, 3.8) is 0 Å². The Morgan fingerprint density at radius 1 is 0.941 bits per heavy atom. The number of rotatable bonds is 6. The molecular weight excluding hydrogens is 551 g/mol. The van der Waals surface area contributed by atoms with Gasteiger partial charge in [0.05, 0.1) is 36.1 Å². The van der Waals surface area contributed by atoms with Gasteiger partial charge in [-0.1, -0.05) is 34.8 Å². The van der Waals surface area contributed by atoms with Crippen molar-refractivity contribution in [2.45, 2.75) is 11.1 Å². The fourth-order valence-corrected chi connectivity index (χ4v) is 4.67. The van der Waals surface area contributed by atoms with Gasteiger partial charge >= 0.3 is 6.18 Å². The average Bonchev–Trinajstić information content (AvgIpc) is 2.70. The summed E-state index contributed by atoms with van der Waals surface area (Å²) < 4.78 is 85.5. The molecule has 0 atom stereocenters. The van der Waals surface area contributed by atoms with Gasteiger partial charge in [0.15, 0.2) is 5.75 Å². The van der Waals surface area contributed by atoms with Crippen LogP contribution in [0.15, 0.2) is 53.4 Å². The van der Waals surface area contributed by atoms with Crippen LogP contribution in [0, 0.1) is 15.9 Å². The summed E-state index contributed by atoms with van der Waals surface area (Å²) in [5.41, 5.74) is -2.78. The zero-order chi connectivity index (χ0) is 25.4. The van der Waals surface area contributed by atoms with E-state index in [-0.39, 0.29) is 32.3 Å². The first-order valence-corrected chi connectivity index (χ1v) is 11.3. The Kier molecular flexibility index (Phi) is 7.18. The number of benzene rings is 3. The maximum atomic E-state index is 13.5. The molecule has 1 N–H and O–H groups in total. The van der Waals surface area contributed by atoms with Gasteiger partial charge in [0, 0.05) is 12.1 Å². The number of halogens is 7. The lowest BCUT2D eigenvalue weighted by Gasteiger charge is -2.16. The van der Waals surface area contributed by atoms with Crippen LogP contribution < -0.4 is 9.46 Å². The van der Waals surface area contributed by atoms with Gasteiger partial charge in [-0.25, -0.2) is 12.8 Å². The number of sulfonamides is 1. The quantitative estimate of drug-likeness (QED) is 0.194. The summed E-state index contributed by atoms with van der Waals surface area (Å²) in [6.07, 6.45) is -4.97. The monoisotopic (exact) mass is 558 g/mol. The van der Waals surface area contributed by atoms with Crippen LogP contribution >= 0.6 is 34.8 Å². The van der Waals surface area contributed by atoms with Crippen LogP contribution in [0.2, 0.25) is 15.1 Å². The van der Waals surface area contributed by atoms with E-state index in [0.29, 0.717) is 18.2 Å². The van der Waals surface area contributed by atoms with Gasteiger partial charge in [-0.05, 0) is 36.4 Å². The molecule has 15 heteroatoms. The summed E-state index contributed by atoms with van der Waals surface area (Å²) >= 11 is 18.1. The molecule has 0 saturated heterocycles. The molecule has 0 unspecified atom stereocenters. The van der Waals surface area contributed by atoms with Gasteiger partial charge in [-0.2, -0.15) is 13.2 Å². The average molecular weight is 560 g/mol. The Hall–Kier alpha value is -2.80. The lowest BCUT2D eigenvalue weighted by Crippen LogP contribution is -2.17. The lowest BCUT2D eigenvalue weighted by molar-refractivity contribution is -0.384. The maximum absolute atomic E-state index is 13.5. The summed E-state index contributed by atoms with van der Waals surface area (Å²) in [6, 6.07) is 6.19. The first-order valence-electron chi connectivity index (χ1n) is 8.69. The molecule has 34 heavy (non-hydrogen) atoms. The molecule has 0 aliphatic heterocycles. The van der Waals surface area contributed by atoms with E-state index in [4.69, 9.17) is 39.5 Å². The molecule has 0 aromatic heterocycles. The molecular formula is C19H9Cl3F4N2O5S. The third-order valence-electron chi connectivity index (χ3n) is 4.15. The van der Waals surface area contributed by atoms with Crippen LogP contribution in [0.5, 0.6) is 11.5 Å². The van der Waals surface area contributed by atoms with Gasteiger partial charge in [0.1, 0.15) is 11.6 Å². The maximum Gasteiger partial charge on any atom is 0.418 e. The van der Waals surface area contributed by atoms with Gasteiger partial charge in [0.25, 0.3) is 15.7 Å². The number of hydrogen-bond donors (Lipinski definition) is 1. The molecule has 7 nitrogen and oxygen atoms in total. The molecule has 0 saturated carbocycles. The highest BCUT2D eigenvalue weighted by Crippen LogP contribution is 2.42. The number of anilines is 1. The Balaban J connectivity index is 1.96. The summed E-state index contributed by atoms with van der Waals surface area (Å²) in [6.45, 7) is 0. The highest BCUT2D eigenvalue weighted by molar-refractivity contribution is 7.92. The minimum atomic E-state index is -4.97. The minimum absolute atomic E-state index is 0.0978. The number of non-ortho nitro benzene ring substituents is 1. The zero-order valence-electron chi connectivity index (χ0n) is 16.2. The number of nitro benzene ring substituents is 1. The van der Waals surface area contributed by atoms with E-state index in [1.807, 2.05) is 0 Å². The predicted molar refractivity (Wildman–Crippen MR) is 117 cm³/mol. The summed E-state index contributed by atoms with van der Waals surface area (Å²) in [5, 5.41) is 9.88. The van der Waals surface area contributed by atoms with Gasteiger partial charge in [0.2, 0.25) is 0 Å². The van der Waals surface area contributed by atoms with Crippen LogP contribution in [-0.2, 0) is 16.2 Å². The second-order valence-electron chi connectivity index (χ2n) is 6.48. The minimum Gasteiger partial charge on any atom is -0.453 e. The highest BCUT2D eigenvalue weighted by Gasteiger charge is 2.35. The number of hydrogen-bond acceptors (Lipinski definition) is 5. The Morgan fingerprint density at radius 2 is 1.56 bits per heavy atom. The van der Waals surface area contributed by atoms with Crippen molar-refractivity contribution < 1.29 is 35.6 Å². The van der Waals surface area contributed by atoms with Crippen LogP contribution in [0.1, 0.15) is 5.56 Å². The van der Waals surface area contributed by atoms with Crippen molar-refractivity contribution in [3.05, 3.63) is 85.1 Å². The van der Waals surface area contributed by atoms with E-state index in [1.54, 1.807) is 4.72 Å². The molecule has 0 aliphatic rings. The standard InChI is InChI=1S/C19H9Cl3F4N2O5S/c20-13-6-10(28(29)30)2-4-17(13)33-18-14(21)7-11(8-15(18)22)34(31,32)27-16-5-9(23)1-3-12(16)19(24,25)26/h1-8,27H. The van der Waals surface area contributed by atoms with Crippen LogP contribution in [0.25, 0.3) is 0 Å². The number of nitrogens with one attached hydrogen (secondary N) is 1. The molecule has 0 spiro atoms. The van der Waals surface area contributed by atoms with Crippen molar-refractivity contribution in [1.29, 1.82) is 0 Å². The first-order chi connectivity index (χ1) is 15.7. The first kappa shape index (κ1) is 25.8. The smallest absolute Gasteiger partial charge is 0.418 e. The second-order valence-corrected chi connectivity index (χ2v) is 9.39. The van der Waals surface area contributed by atoms with Crippen LogP contribution in [0.4, 0.5) is 28.9 Å². The third kappa shape index (κ3) is 5.63. The van der Waals surface area contributed by atoms with E-state index in [2.05, 4.69) is 0 Å². The summed E-state index contributed by atoms with van der Waals surface area (Å²) in [4.78, 5) is 9.47. The summed E-state index contributed by atoms with van der Waals surface area (Å²) in [7, 11) is -4.71. The number of alkyl halides is 3. The fourth-order valence-electron chi connectivity index (χ4n) is 2.64. The van der Waals surface area contributed by atoms with E-state index in [1.165, 1.54) is 0 Å². The van der Waals surface area contributed by atoms with Gasteiger partial charge < -0.3 is 4.74 Å². The molecule has 0 bridgehead atoms. The van der Waals surface area contributed by atoms with E-state index < -0.39 is 43.1 Å². The molecule has 3 rings (SSSR count). The van der Waals surface area contributed by atoms with Crippen molar-refractivity contribution >= 4 is 56.2 Å². The Bertz CT molecular complexity index is 1380. The second kappa shape index (κ2) is 9.45. The Labute approximate surface area is 204 Å². The van der Waals surface area contributed by atoms with Crippen molar-refractivity contribution in [1.82, 2.24) is 0 Å². The molecule has 0 heterocycles. The largest absolute Gasteiger partial charge is 0.453 e. The molecule has 3 aromatic rings. The molecule has 0 radical (unpaired) electrons. The molecule has 180 valence electrons. The van der Waals surface area contributed by atoms with E-state index in [9.17, 15) is 36.1 Å². The third-order valence-corrected chi connectivity index (χ3v) is 6.35. The zero-order valence-corrected chi connectivity index (χ0v) is 19.2. The normalized spacial score (nSPS) is 11.9. The number of nitrogens with zero attached hydrogens (tertiary/aromatic N) is 1. The van der Waals surface area contributed by atoms with Crippen LogP contribution in [-0.4, -0.2) is 13.3 Å². The van der Waals surface area contributed by atoms with Gasteiger partial charge in [-0.3, -0.25) is 14.8 Å². The van der Waals surface area contributed by atoms with E-state index in [0.717, 1.165) is 30.3 Å². The van der Waals surface area contributed by atoms with Crippen molar-refractivity contribution in [3.8, 4) is 11.5 Å². The molecule has 0 fully saturated rings. The molecule has 0 amide bonds. The number of ether oxygens (including phenoxy) is 1. The fraction of sp³-hybridized carbons (Fsp3) is 0.0526. The van der Waals surface area contributed by atoms with Gasteiger partial charge in [-0.15, -0.1) is 0 Å². The summed E-state index contributed by atoms with van der Waals surface area (Å²) in [5.74, 6) is -1.48. The van der Waals surface area contributed by atoms with Crippen molar-refractivity contribution in [2.75, 3.05) is 4.72 Å². The van der Waals surface area contributed by atoms with Crippen LogP contribution in [0.3, 0.4) is 0 Å². The van der Waals surface area contributed by atoms with E-state index >= 15 is 0 Å². The van der Waals surface area contributed by atoms with Crippen molar-refractivity contribution in [2.24, 2.45) is 0 Å². The topological polar surface area (TPSA) is 98.5 Å². The Morgan fingerprint density at radius 3 is 2.09 bits per heavy atom. The number of nitro groups is 1. The molecule has 0 aliphatic carbocycles.